The maximum atomic E-state index is 12.4. The average Bonchev–Trinajstić information content (AvgIpc) is 3.05. The van der Waals surface area contributed by atoms with Gasteiger partial charge in [-0.1, -0.05) is 34.1 Å². The number of halogens is 1. The fourth-order valence-corrected chi connectivity index (χ4v) is 2.80. The van der Waals surface area contributed by atoms with E-state index in [1.807, 2.05) is 25.1 Å². The number of esters is 1. The Kier molecular flexibility index (Phi) is 6.26. The van der Waals surface area contributed by atoms with Crippen LogP contribution in [0.3, 0.4) is 0 Å². The first kappa shape index (κ1) is 19.1. The maximum Gasteiger partial charge on any atom is 0.375 e. The van der Waals surface area contributed by atoms with Gasteiger partial charge < -0.3 is 19.2 Å². The number of nitrogens with one attached hydrogen (secondary N) is 1. The quantitative estimate of drug-likeness (QED) is 0.556. The number of ether oxygens (including phenoxy) is 2. The van der Waals surface area contributed by atoms with Crippen LogP contribution in [0, 0.1) is 0 Å². The fourth-order valence-electron chi connectivity index (χ4n) is 2.54. The van der Waals surface area contributed by atoms with Crippen molar-refractivity contribution in [1.82, 2.24) is 0 Å². The van der Waals surface area contributed by atoms with E-state index in [4.69, 9.17) is 13.9 Å². The van der Waals surface area contributed by atoms with Gasteiger partial charge in [0.1, 0.15) is 5.58 Å². The highest BCUT2D eigenvalue weighted by atomic mass is 79.9. The second-order valence-electron chi connectivity index (χ2n) is 5.67. The van der Waals surface area contributed by atoms with Gasteiger partial charge in [0.15, 0.2) is 6.61 Å². The molecule has 3 rings (SSSR count). The number of rotatable bonds is 7. The third kappa shape index (κ3) is 4.75. The summed E-state index contributed by atoms with van der Waals surface area (Å²) in [6, 6.07) is 14.4. The van der Waals surface area contributed by atoms with E-state index in [1.54, 1.807) is 30.3 Å². The first-order chi connectivity index (χ1) is 13.1. The third-order valence-electron chi connectivity index (χ3n) is 3.80. The maximum absolute atomic E-state index is 12.4. The summed E-state index contributed by atoms with van der Waals surface area (Å²) in [6.45, 7) is 2.18. The zero-order valence-electron chi connectivity index (χ0n) is 14.7. The number of amides is 1. The molecule has 0 aliphatic rings. The van der Waals surface area contributed by atoms with Crippen molar-refractivity contribution in [3.63, 3.8) is 0 Å². The van der Waals surface area contributed by atoms with E-state index in [9.17, 15) is 9.59 Å². The minimum Gasteiger partial charge on any atom is -0.450 e. The fraction of sp³-hybridized carbons (Fsp3) is 0.200. The molecule has 1 heterocycles. The van der Waals surface area contributed by atoms with E-state index in [1.165, 1.54) is 0 Å². The second-order valence-corrected chi connectivity index (χ2v) is 6.59. The Morgan fingerprint density at radius 3 is 2.59 bits per heavy atom. The molecule has 0 unspecified atom stereocenters. The highest BCUT2D eigenvalue weighted by molar-refractivity contribution is 9.10. The van der Waals surface area contributed by atoms with Crippen LogP contribution in [0.2, 0.25) is 0 Å². The summed E-state index contributed by atoms with van der Waals surface area (Å²) in [6.07, 6.45) is 0. The molecule has 0 fully saturated rings. The lowest BCUT2D eigenvalue weighted by Crippen LogP contribution is -2.21. The molecule has 6 nitrogen and oxygen atoms in total. The zero-order chi connectivity index (χ0) is 19.2. The van der Waals surface area contributed by atoms with Crippen LogP contribution >= 0.6 is 15.9 Å². The Morgan fingerprint density at radius 2 is 1.85 bits per heavy atom. The van der Waals surface area contributed by atoms with Crippen LogP contribution in [0.15, 0.2) is 57.4 Å². The van der Waals surface area contributed by atoms with Gasteiger partial charge >= 0.3 is 5.97 Å². The molecule has 27 heavy (non-hydrogen) atoms. The molecule has 0 aliphatic carbocycles. The molecule has 1 N–H and O–H groups in total. The van der Waals surface area contributed by atoms with Crippen LogP contribution in [0.4, 0.5) is 5.69 Å². The number of hydrogen-bond donors (Lipinski definition) is 1. The number of anilines is 1. The van der Waals surface area contributed by atoms with E-state index < -0.39 is 18.5 Å². The number of para-hydroxylation sites is 1. The Labute approximate surface area is 164 Å². The Morgan fingerprint density at radius 1 is 1.11 bits per heavy atom. The largest absolute Gasteiger partial charge is 0.450 e. The van der Waals surface area contributed by atoms with Gasteiger partial charge in [-0.25, -0.2) is 4.79 Å². The Balaban J connectivity index is 1.68. The van der Waals surface area contributed by atoms with Crippen molar-refractivity contribution in [2.75, 3.05) is 18.5 Å². The number of benzene rings is 2. The first-order valence-electron chi connectivity index (χ1n) is 8.39. The third-order valence-corrected chi connectivity index (χ3v) is 4.33. The number of hydrogen-bond acceptors (Lipinski definition) is 5. The van der Waals surface area contributed by atoms with E-state index >= 15 is 0 Å². The van der Waals surface area contributed by atoms with Crippen molar-refractivity contribution in [2.24, 2.45) is 0 Å². The summed E-state index contributed by atoms with van der Waals surface area (Å²) in [5.41, 5.74) is 1.80. The first-order valence-corrected chi connectivity index (χ1v) is 9.18. The summed E-state index contributed by atoms with van der Waals surface area (Å²) in [5.74, 6) is -1.08. The van der Waals surface area contributed by atoms with Crippen molar-refractivity contribution >= 4 is 44.5 Å². The minimum absolute atomic E-state index is 0.0566. The normalized spacial score (nSPS) is 10.7. The predicted octanol–water partition coefficient (Wildman–Crippen LogP) is 4.53. The molecule has 0 radical (unpaired) electrons. The highest BCUT2D eigenvalue weighted by Gasteiger charge is 2.22. The number of carbonyl (C=O) groups is 2. The molecule has 0 spiro atoms. The van der Waals surface area contributed by atoms with Crippen LogP contribution in [0.5, 0.6) is 0 Å². The van der Waals surface area contributed by atoms with Crippen LogP contribution in [-0.2, 0) is 20.9 Å². The molecular weight excluding hydrogens is 414 g/mol. The predicted molar refractivity (Wildman–Crippen MR) is 105 cm³/mol. The number of carbonyl (C=O) groups excluding carboxylic acids is 2. The average molecular weight is 432 g/mol. The van der Waals surface area contributed by atoms with Crippen molar-refractivity contribution in [2.45, 2.75) is 13.5 Å². The molecule has 0 saturated heterocycles. The summed E-state index contributed by atoms with van der Waals surface area (Å²) >= 11 is 3.32. The molecule has 0 saturated carbocycles. The molecule has 2 aromatic carbocycles. The summed E-state index contributed by atoms with van der Waals surface area (Å²) in [4.78, 5) is 24.4. The van der Waals surface area contributed by atoms with Gasteiger partial charge in [0, 0.05) is 27.7 Å². The van der Waals surface area contributed by atoms with Gasteiger partial charge in [0.2, 0.25) is 5.76 Å². The van der Waals surface area contributed by atoms with E-state index in [-0.39, 0.29) is 12.4 Å². The Hall–Kier alpha value is -2.64. The molecule has 0 aliphatic heterocycles. The van der Waals surface area contributed by atoms with Gasteiger partial charge in [-0.3, -0.25) is 4.79 Å². The topological polar surface area (TPSA) is 77.8 Å². The molecule has 1 aromatic heterocycles. The van der Waals surface area contributed by atoms with Crippen LogP contribution in [0.25, 0.3) is 11.0 Å². The number of fused-ring (bicyclic) bond motifs is 1. The molecule has 3 aromatic rings. The van der Waals surface area contributed by atoms with Crippen LogP contribution in [-0.4, -0.2) is 25.1 Å². The smallest absolute Gasteiger partial charge is 0.375 e. The lowest BCUT2D eigenvalue weighted by Gasteiger charge is -2.07. The van der Waals surface area contributed by atoms with Gasteiger partial charge in [0.25, 0.3) is 5.91 Å². The van der Waals surface area contributed by atoms with Crippen LogP contribution in [0.1, 0.15) is 23.0 Å². The number of furan rings is 1. The van der Waals surface area contributed by atoms with Gasteiger partial charge in [0.05, 0.1) is 6.61 Å². The monoisotopic (exact) mass is 431 g/mol. The summed E-state index contributed by atoms with van der Waals surface area (Å²) < 4.78 is 17.1. The van der Waals surface area contributed by atoms with E-state index in [2.05, 4.69) is 21.2 Å². The lowest BCUT2D eigenvalue weighted by atomic mass is 10.1. The molecular formula is C20H18BrNO5. The highest BCUT2D eigenvalue weighted by Crippen LogP contribution is 2.27. The summed E-state index contributed by atoms with van der Waals surface area (Å²) in [5, 5.41) is 3.45. The van der Waals surface area contributed by atoms with Crippen molar-refractivity contribution < 1.29 is 23.5 Å². The SMILES string of the molecule is CCOCc1c(C(=O)OCC(=O)Nc2ccc(Br)cc2)oc2ccccc12. The van der Waals surface area contributed by atoms with Gasteiger partial charge in [-0.2, -0.15) is 0 Å². The van der Waals surface area contributed by atoms with E-state index in [0.717, 1.165) is 9.86 Å². The second kappa shape index (κ2) is 8.83. The zero-order valence-corrected chi connectivity index (χ0v) is 16.2. The van der Waals surface area contributed by atoms with Gasteiger partial charge in [-0.15, -0.1) is 0 Å². The molecule has 7 heteroatoms. The summed E-state index contributed by atoms with van der Waals surface area (Å²) in [7, 11) is 0. The molecule has 0 atom stereocenters. The van der Waals surface area contributed by atoms with Crippen LogP contribution < -0.4 is 5.32 Å². The Bertz CT molecular complexity index is 949. The molecule has 140 valence electrons. The minimum atomic E-state index is -0.702. The molecule has 1 amide bonds. The van der Waals surface area contributed by atoms with E-state index in [0.29, 0.717) is 23.4 Å². The standard InChI is InChI=1S/C20H18BrNO5/c1-2-25-11-16-15-5-3-4-6-17(15)27-19(16)20(24)26-12-18(23)22-14-9-7-13(21)8-10-14/h3-10H,2,11-12H2,1H3,(H,22,23). The molecule has 0 bridgehead atoms. The van der Waals surface area contributed by atoms with Crippen molar-refractivity contribution in [3.8, 4) is 0 Å². The lowest BCUT2D eigenvalue weighted by molar-refractivity contribution is -0.119. The van der Waals surface area contributed by atoms with Gasteiger partial charge in [-0.05, 0) is 37.3 Å². The van der Waals surface area contributed by atoms with Crippen molar-refractivity contribution in [1.29, 1.82) is 0 Å². The van der Waals surface area contributed by atoms with Crippen molar-refractivity contribution in [3.05, 3.63) is 64.3 Å².